The van der Waals surface area contributed by atoms with Crippen LogP contribution in [0, 0.1) is 5.92 Å². The number of hydrogen-bond donors (Lipinski definition) is 1. The number of nitrogens with zero attached hydrogens (tertiary/aromatic N) is 2. The van der Waals surface area contributed by atoms with Crippen molar-refractivity contribution < 1.29 is 27.6 Å². The number of anilines is 1. The zero-order chi connectivity index (χ0) is 26.8. The van der Waals surface area contributed by atoms with E-state index in [0.29, 0.717) is 11.0 Å². The average Bonchev–Trinajstić information content (AvgIpc) is 3.59. The predicted molar refractivity (Wildman–Crippen MR) is 137 cm³/mol. The summed E-state index contributed by atoms with van der Waals surface area (Å²) in [6, 6.07) is 15.4. The minimum Gasteiger partial charge on any atom is -0.345 e. The van der Waals surface area contributed by atoms with E-state index in [1.54, 1.807) is 30.3 Å². The number of amides is 1. The molecule has 5 aromatic rings. The first kappa shape index (κ1) is 24.3. The van der Waals surface area contributed by atoms with Crippen LogP contribution in [0.2, 0.25) is 5.02 Å². The van der Waals surface area contributed by atoms with Crippen molar-refractivity contribution in [3.8, 4) is 0 Å². The number of rotatable bonds is 4. The Hall–Kier alpha value is -4.02. The lowest BCUT2D eigenvalue weighted by Crippen LogP contribution is -2.30. The van der Waals surface area contributed by atoms with Crippen molar-refractivity contribution in [2.24, 2.45) is 5.92 Å². The minimum atomic E-state index is -4.79. The summed E-state index contributed by atoms with van der Waals surface area (Å²) in [7, 11) is 0. The smallest absolute Gasteiger partial charge is 0.345 e. The van der Waals surface area contributed by atoms with E-state index in [0.717, 1.165) is 38.5 Å². The van der Waals surface area contributed by atoms with Gasteiger partial charge in [-0.15, -0.1) is 11.3 Å². The summed E-state index contributed by atoms with van der Waals surface area (Å²) in [5, 5.41) is 0.247. The van der Waals surface area contributed by atoms with E-state index < -0.39 is 46.2 Å². The monoisotopic (exact) mass is 553 g/mol. The molecule has 2 atom stereocenters. The molecule has 190 valence electrons. The number of thiophene rings is 1. The average molecular weight is 554 g/mol. The summed E-state index contributed by atoms with van der Waals surface area (Å²) in [5.41, 5.74) is 0.214. The first-order chi connectivity index (χ1) is 18.1. The molecule has 6 rings (SSSR count). The maximum atomic E-state index is 13.8. The molecule has 2 unspecified atom stereocenters. The van der Waals surface area contributed by atoms with E-state index in [1.165, 1.54) is 18.5 Å². The predicted octanol–water partition coefficient (Wildman–Crippen LogP) is 6.61. The van der Waals surface area contributed by atoms with Gasteiger partial charge in [0.1, 0.15) is 5.92 Å². The number of ketones is 2. The maximum absolute atomic E-state index is 13.8. The number of aromatic nitrogens is 2. The van der Waals surface area contributed by atoms with Crippen LogP contribution in [0.3, 0.4) is 0 Å². The molecule has 1 aliphatic rings. The zero-order valence-electron chi connectivity index (χ0n) is 19.1. The van der Waals surface area contributed by atoms with Gasteiger partial charge >= 0.3 is 6.18 Å². The molecule has 1 aliphatic heterocycles. The Balaban J connectivity index is 1.54. The van der Waals surface area contributed by atoms with Crippen molar-refractivity contribution in [2.45, 2.75) is 12.2 Å². The van der Waals surface area contributed by atoms with Gasteiger partial charge in [0.05, 0.1) is 38.9 Å². The molecule has 6 nitrogen and oxygen atoms in total. The van der Waals surface area contributed by atoms with E-state index in [9.17, 15) is 27.6 Å². The fourth-order valence-electron chi connectivity index (χ4n) is 4.83. The van der Waals surface area contributed by atoms with Crippen LogP contribution in [-0.2, 0) is 15.8 Å². The molecule has 1 N–H and O–H groups in total. The first-order valence-corrected chi connectivity index (χ1v) is 12.5. The number of nitrogens with one attached hydrogen (secondary N) is 1. The minimum absolute atomic E-state index is 0.0370. The van der Waals surface area contributed by atoms with Crippen LogP contribution in [-0.4, -0.2) is 27.4 Å². The number of fused-ring (bicyclic) bond motifs is 2. The molecule has 3 heterocycles. The van der Waals surface area contributed by atoms with Crippen LogP contribution in [0.5, 0.6) is 0 Å². The fourth-order valence-corrected chi connectivity index (χ4v) is 6.09. The van der Waals surface area contributed by atoms with E-state index in [1.807, 2.05) is 12.1 Å². The van der Waals surface area contributed by atoms with Gasteiger partial charge in [0.15, 0.2) is 5.78 Å². The second kappa shape index (κ2) is 8.78. The van der Waals surface area contributed by atoms with Crippen molar-refractivity contribution in [3.05, 3.63) is 94.1 Å². The molecular weight excluding hydrogens is 539 g/mol. The third-order valence-electron chi connectivity index (χ3n) is 6.58. The standard InChI is InChI=1S/C27H15ClF3N3O3S/c28-17-7-5-14(9-16(17)27(29,30)31)23-22(24(35)21-10-13-3-1-2-4-20(13)38-21)25(36)26(37)34(23)15-6-8-18-19(11-15)33-12-32-18/h1-12,22-23H,(H,32,33). The van der Waals surface area contributed by atoms with Crippen LogP contribution >= 0.6 is 22.9 Å². The number of benzene rings is 3. The van der Waals surface area contributed by atoms with Crippen LogP contribution in [0.25, 0.3) is 21.1 Å². The number of aromatic amines is 1. The number of imidazole rings is 1. The van der Waals surface area contributed by atoms with Crippen molar-refractivity contribution in [1.82, 2.24) is 9.97 Å². The number of carbonyl (C=O) groups excluding carboxylic acids is 3. The van der Waals surface area contributed by atoms with Gasteiger partial charge in [-0.2, -0.15) is 13.2 Å². The van der Waals surface area contributed by atoms with E-state index in [-0.39, 0.29) is 16.1 Å². The first-order valence-electron chi connectivity index (χ1n) is 11.3. The molecular formula is C27H15ClF3N3O3S. The number of alkyl halides is 3. The molecule has 0 saturated carbocycles. The van der Waals surface area contributed by atoms with Crippen molar-refractivity contribution >= 4 is 67.2 Å². The second-order valence-electron chi connectivity index (χ2n) is 8.82. The Bertz CT molecular complexity index is 1740. The van der Waals surface area contributed by atoms with Gasteiger partial charge < -0.3 is 4.98 Å². The second-order valence-corrected chi connectivity index (χ2v) is 10.3. The van der Waals surface area contributed by atoms with Gasteiger partial charge in [-0.25, -0.2) is 4.98 Å². The van der Waals surface area contributed by atoms with Crippen molar-refractivity contribution in [1.29, 1.82) is 0 Å². The highest BCUT2D eigenvalue weighted by Gasteiger charge is 2.53. The summed E-state index contributed by atoms with van der Waals surface area (Å²) < 4.78 is 42.1. The number of hydrogen-bond acceptors (Lipinski definition) is 5. The Kier molecular flexibility index (Phi) is 5.62. The zero-order valence-corrected chi connectivity index (χ0v) is 20.7. The normalized spacial score (nSPS) is 18.2. The van der Waals surface area contributed by atoms with Gasteiger partial charge in [-0.1, -0.05) is 35.9 Å². The number of carbonyl (C=O) groups is 3. The van der Waals surface area contributed by atoms with Gasteiger partial charge in [0.2, 0.25) is 5.78 Å². The Morgan fingerprint density at radius 3 is 2.58 bits per heavy atom. The van der Waals surface area contributed by atoms with Gasteiger partial charge in [0.25, 0.3) is 5.91 Å². The molecule has 0 aliphatic carbocycles. The molecule has 0 bridgehead atoms. The maximum Gasteiger partial charge on any atom is 0.417 e. The molecule has 2 aromatic heterocycles. The van der Waals surface area contributed by atoms with Gasteiger partial charge in [-0.05, 0) is 53.4 Å². The molecule has 1 fully saturated rings. The fraction of sp³-hybridized carbons (Fsp3) is 0.111. The van der Waals surface area contributed by atoms with Gasteiger partial charge in [-0.3, -0.25) is 19.3 Å². The third kappa shape index (κ3) is 3.88. The largest absolute Gasteiger partial charge is 0.417 e. The lowest BCUT2D eigenvalue weighted by Gasteiger charge is -2.28. The Labute approximate surface area is 221 Å². The lowest BCUT2D eigenvalue weighted by molar-refractivity contribution is -0.137. The number of Topliss-reactive ketones (excluding diaryl/α,β-unsaturated/α-hetero) is 2. The number of H-pyrrole nitrogens is 1. The third-order valence-corrected chi connectivity index (χ3v) is 8.04. The van der Waals surface area contributed by atoms with E-state index in [2.05, 4.69) is 9.97 Å². The lowest BCUT2D eigenvalue weighted by atomic mass is 9.87. The number of halogens is 4. The molecule has 0 radical (unpaired) electrons. The molecule has 0 spiro atoms. The highest BCUT2D eigenvalue weighted by atomic mass is 35.5. The molecule has 1 saturated heterocycles. The van der Waals surface area contributed by atoms with E-state index in [4.69, 9.17) is 11.6 Å². The van der Waals surface area contributed by atoms with E-state index >= 15 is 0 Å². The summed E-state index contributed by atoms with van der Waals surface area (Å²) in [5.74, 6) is -4.18. The summed E-state index contributed by atoms with van der Waals surface area (Å²) in [6.45, 7) is 0. The topological polar surface area (TPSA) is 83.1 Å². The molecule has 11 heteroatoms. The Morgan fingerprint density at radius 2 is 1.82 bits per heavy atom. The quantitative estimate of drug-likeness (QED) is 0.154. The summed E-state index contributed by atoms with van der Waals surface area (Å²) in [6.07, 6.45) is -3.34. The molecule has 38 heavy (non-hydrogen) atoms. The highest BCUT2D eigenvalue weighted by molar-refractivity contribution is 7.20. The summed E-state index contributed by atoms with van der Waals surface area (Å²) in [4.78, 5) is 48.9. The van der Waals surface area contributed by atoms with Crippen LogP contribution in [0.15, 0.2) is 73.1 Å². The van der Waals surface area contributed by atoms with Crippen molar-refractivity contribution in [2.75, 3.05) is 4.90 Å². The van der Waals surface area contributed by atoms with Crippen molar-refractivity contribution in [3.63, 3.8) is 0 Å². The van der Waals surface area contributed by atoms with Crippen LogP contribution < -0.4 is 4.90 Å². The molecule has 3 aromatic carbocycles. The highest BCUT2D eigenvalue weighted by Crippen LogP contribution is 2.45. The van der Waals surface area contributed by atoms with Gasteiger partial charge in [0, 0.05) is 10.4 Å². The Morgan fingerprint density at radius 1 is 1.03 bits per heavy atom. The van der Waals surface area contributed by atoms with Crippen LogP contribution in [0.1, 0.15) is 26.8 Å². The molecule has 1 amide bonds. The van der Waals surface area contributed by atoms with Crippen LogP contribution in [0.4, 0.5) is 18.9 Å². The SMILES string of the molecule is O=C1C(=O)N(c2ccc3nc[nH]c3c2)C(c2ccc(Cl)c(C(F)(F)F)c2)C1C(=O)c1cc2ccccc2s1. The summed E-state index contributed by atoms with van der Waals surface area (Å²) >= 11 is 7.00.